The van der Waals surface area contributed by atoms with E-state index in [0.29, 0.717) is 24.6 Å². The number of unbranched alkanes of at least 4 members (excludes halogenated alkanes) is 1. The van der Waals surface area contributed by atoms with Crippen molar-refractivity contribution in [3.63, 3.8) is 0 Å². The van der Waals surface area contributed by atoms with E-state index in [-0.39, 0.29) is 17.3 Å². The zero-order valence-corrected chi connectivity index (χ0v) is 16.1. The summed E-state index contributed by atoms with van der Waals surface area (Å²) in [5.74, 6) is -0.0379. The molecule has 0 aliphatic heterocycles. The number of nitrogens with zero attached hydrogens (tertiary/aromatic N) is 6. The molecular weight excluding hydrogens is 368 g/mol. The molecule has 0 aliphatic carbocycles. The second-order valence-electron chi connectivity index (χ2n) is 6.14. The largest absolute Gasteiger partial charge is 0.454 e. The molecule has 0 unspecified atom stereocenters. The third-order valence-corrected chi connectivity index (χ3v) is 4.49. The molecule has 2 heterocycles. The van der Waals surface area contributed by atoms with Crippen LogP contribution in [0.4, 0.5) is 0 Å². The summed E-state index contributed by atoms with van der Waals surface area (Å²) < 4.78 is 8.61. The van der Waals surface area contributed by atoms with Crippen LogP contribution in [0.3, 0.4) is 0 Å². The van der Waals surface area contributed by atoms with Crippen molar-refractivity contribution in [1.82, 2.24) is 30.0 Å². The van der Waals surface area contributed by atoms with Crippen LogP contribution in [0.1, 0.15) is 47.2 Å². The minimum absolute atomic E-state index is 0.0187. The van der Waals surface area contributed by atoms with Gasteiger partial charge in [0.2, 0.25) is 0 Å². The van der Waals surface area contributed by atoms with Gasteiger partial charge in [0.25, 0.3) is 0 Å². The minimum atomic E-state index is -0.540. The van der Waals surface area contributed by atoms with Crippen molar-refractivity contribution in [2.45, 2.75) is 46.4 Å². The summed E-state index contributed by atoms with van der Waals surface area (Å²) in [6.07, 6.45) is 1.97. The molecule has 27 heavy (non-hydrogen) atoms. The summed E-state index contributed by atoms with van der Waals surface area (Å²) in [4.78, 5) is 12.5. The average Bonchev–Trinajstić information content (AvgIpc) is 3.23. The van der Waals surface area contributed by atoms with Gasteiger partial charge < -0.3 is 4.74 Å². The lowest BCUT2D eigenvalue weighted by Crippen LogP contribution is -2.12. The molecule has 9 heteroatoms. The standard InChI is InChI=1S/C18H21ClN6O2/c1-3-4-10-24-15(20-22-23-24)12-27-18(26)16-13(2)21-25(17(16)19)11-14-8-6-5-7-9-14/h5-9H,3-4,10-12H2,1-2H3. The number of hydrogen-bond acceptors (Lipinski definition) is 6. The number of carbonyl (C=O) groups excluding carboxylic acids is 1. The highest BCUT2D eigenvalue weighted by atomic mass is 35.5. The van der Waals surface area contributed by atoms with E-state index in [1.165, 1.54) is 0 Å². The van der Waals surface area contributed by atoms with Gasteiger partial charge >= 0.3 is 5.97 Å². The lowest BCUT2D eigenvalue weighted by atomic mass is 10.2. The van der Waals surface area contributed by atoms with Crippen molar-refractivity contribution in [2.75, 3.05) is 0 Å². The number of rotatable bonds is 8. The van der Waals surface area contributed by atoms with Gasteiger partial charge in [-0.15, -0.1) is 5.10 Å². The van der Waals surface area contributed by atoms with Crippen molar-refractivity contribution in [3.8, 4) is 0 Å². The molecule has 1 aromatic carbocycles. The summed E-state index contributed by atoms with van der Waals surface area (Å²) in [6, 6.07) is 9.77. The van der Waals surface area contributed by atoms with E-state index in [4.69, 9.17) is 16.3 Å². The van der Waals surface area contributed by atoms with Crippen LogP contribution in [0.5, 0.6) is 0 Å². The number of halogens is 1. The Kier molecular flexibility index (Phi) is 6.18. The molecule has 8 nitrogen and oxygen atoms in total. The van der Waals surface area contributed by atoms with Crippen LogP contribution in [0, 0.1) is 6.92 Å². The van der Waals surface area contributed by atoms with E-state index in [1.807, 2.05) is 30.3 Å². The Morgan fingerprint density at radius 3 is 2.74 bits per heavy atom. The molecule has 0 spiro atoms. The van der Waals surface area contributed by atoms with Crippen LogP contribution in [-0.4, -0.2) is 36.0 Å². The first-order chi connectivity index (χ1) is 13.1. The summed E-state index contributed by atoms with van der Waals surface area (Å²) in [5.41, 5.74) is 1.82. The highest BCUT2D eigenvalue weighted by molar-refractivity contribution is 6.32. The molecule has 0 N–H and O–H groups in total. The van der Waals surface area contributed by atoms with Crippen molar-refractivity contribution in [2.24, 2.45) is 0 Å². The van der Waals surface area contributed by atoms with E-state index in [2.05, 4.69) is 27.5 Å². The summed E-state index contributed by atoms with van der Waals surface area (Å²) >= 11 is 6.39. The monoisotopic (exact) mass is 388 g/mol. The maximum absolute atomic E-state index is 12.5. The second-order valence-corrected chi connectivity index (χ2v) is 6.50. The van der Waals surface area contributed by atoms with E-state index in [1.54, 1.807) is 16.3 Å². The van der Waals surface area contributed by atoms with Gasteiger partial charge in [-0.25, -0.2) is 14.2 Å². The average molecular weight is 389 g/mol. The molecule has 0 atom stereocenters. The third-order valence-electron chi connectivity index (χ3n) is 4.11. The van der Waals surface area contributed by atoms with Gasteiger partial charge in [-0.1, -0.05) is 55.3 Å². The Hall–Kier alpha value is -2.74. The summed E-state index contributed by atoms with van der Waals surface area (Å²) in [5, 5.41) is 16.1. The molecule has 0 aliphatic rings. The van der Waals surface area contributed by atoms with Crippen LogP contribution in [0.25, 0.3) is 0 Å². The first-order valence-electron chi connectivity index (χ1n) is 8.79. The molecule has 142 valence electrons. The number of benzene rings is 1. The molecule has 3 aromatic rings. The van der Waals surface area contributed by atoms with Crippen molar-refractivity contribution in [3.05, 3.63) is 58.1 Å². The molecule has 0 saturated heterocycles. The van der Waals surface area contributed by atoms with Crippen LogP contribution in [-0.2, 0) is 24.4 Å². The highest BCUT2D eigenvalue weighted by Crippen LogP contribution is 2.22. The van der Waals surface area contributed by atoms with Crippen LogP contribution in [0.15, 0.2) is 30.3 Å². The molecular formula is C18H21ClN6O2. The molecule has 0 amide bonds. The fraction of sp³-hybridized carbons (Fsp3) is 0.389. The van der Waals surface area contributed by atoms with Crippen LogP contribution < -0.4 is 0 Å². The maximum atomic E-state index is 12.5. The number of aryl methyl sites for hydroxylation is 2. The second kappa shape index (κ2) is 8.77. The van der Waals surface area contributed by atoms with E-state index in [0.717, 1.165) is 18.4 Å². The maximum Gasteiger partial charge on any atom is 0.343 e. The van der Waals surface area contributed by atoms with Crippen LogP contribution >= 0.6 is 11.6 Å². The van der Waals surface area contributed by atoms with Crippen molar-refractivity contribution < 1.29 is 9.53 Å². The zero-order chi connectivity index (χ0) is 19.2. The van der Waals surface area contributed by atoms with Crippen molar-refractivity contribution in [1.29, 1.82) is 0 Å². The van der Waals surface area contributed by atoms with Gasteiger partial charge in [0, 0.05) is 6.54 Å². The minimum Gasteiger partial charge on any atom is -0.454 e. The Labute approximate surface area is 162 Å². The SMILES string of the molecule is CCCCn1nnnc1COC(=O)c1c(C)nn(Cc2ccccc2)c1Cl. The van der Waals surface area contributed by atoms with E-state index >= 15 is 0 Å². The Balaban J connectivity index is 1.69. The molecule has 0 radical (unpaired) electrons. The quantitative estimate of drug-likeness (QED) is 0.551. The van der Waals surface area contributed by atoms with Gasteiger partial charge in [-0.3, -0.25) is 0 Å². The summed E-state index contributed by atoms with van der Waals surface area (Å²) in [7, 11) is 0. The molecule has 3 rings (SSSR count). The van der Waals surface area contributed by atoms with Gasteiger partial charge in [-0.05, 0) is 29.3 Å². The summed E-state index contributed by atoms with van der Waals surface area (Å²) in [6.45, 7) is 4.96. The topological polar surface area (TPSA) is 87.7 Å². The number of carbonyl (C=O) groups is 1. The van der Waals surface area contributed by atoms with E-state index < -0.39 is 5.97 Å². The Morgan fingerprint density at radius 1 is 1.22 bits per heavy atom. The number of ether oxygens (including phenoxy) is 1. The first-order valence-corrected chi connectivity index (χ1v) is 9.17. The predicted molar refractivity (Wildman–Crippen MR) is 99.4 cm³/mol. The zero-order valence-electron chi connectivity index (χ0n) is 15.3. The lowest BCUT2D eigenvalue weighted by Gasteiger charge is -2.06. The van der Waals surface area contributed by atoms with Gasteiger partial charge in [-0.2, -0.15) is 5.10 Å². The van der Waals surface area contributed by atoms with Crippen molar-refractivity contribution >= 4 is 17.6 Å². The fourth-order valence-electron chi connectivity index (χ4n) is 2.66. The lowest BCUT2D eigenvalue weighted by molar-refractivity contribution is 0.0455. The van der Waals surface area contributed by atoms with Gasteiger partial charge in [0.05, 0.1) is 12.2 Å². The normalized spacial score (nSPS) is 10.9. The smallest absolute Gasteiger partial charge is 0.343 e. The Bertz CT molecular complexity index is 906. The third kappa shape index (κ3) is 4.51. The first kappa shape index (κ1) is 19.0. The van der Waals surface area contributed by atoms with Gasteiger partial charge in [0.15, 0.2) is 12.4 Å². The van der Waals surface area contributed by atoms with Crippen LogP contribution in [0.2, 0.25) is 5.15 Å². The fourth-order valence-corrected chi connectivity index (χ4v) is 2.97. The van der Waals surface area contributed by atoms with Gasteiger partial charge in [0.1, 0.15) is 10.7 Å². The number of tetrazole rings is 1. The van der Waals surface area contributed by atoms with E-state index in [9.17, 15) is 4.79 Å². The molecule has 2 aromatic heterocycles. The number of aromatic nitrogens is 6. The Morgan fingerprint density at radius 2 is 2.00 bits per heavy atom. The molecule has 0 fully saturated rings. The highest BCUT2D eigenvalue weighted by Gasteiger charge is 2.22. The predicted octanol–water partition coefficient (Wildman–Crippen LogP) is 3.04. The number of esters is 1. The molecule has 0 saturated carbocycles. The molecule has 0 bridgehead atoms. The number of hydrogen-bond donors (Lipinski definition) is 0.